The summed E-state index contributed by atoms with van der Waals surface area (Å²) in [4.78, 5) is 4.56. The summed E-state index contributed by atoms with van der Waals surface area (Å²) in [5.41, 5.74) is 3.92. The Balaban J connectivity index is 1.36. The summed E-state index contributed by atoms with van der Waals surface area (Å²) >= 11 is 0. The lowest BCUT2D eigenvalue weighted by Crippen LogP contribution is -2.38. The summed E-state index contributed by atoms with van der Waals surface area (Å²) in [5, 5.41) is 8.16. The zero-order valence-electron chi connectivity index (χ0n) is 15.0. The molecule has 0 radical (unpaired) electrons. The molecule has 5 heteroatoms. The fourth-order valence-electron chi connectivity index (χ4n) is 4.27. The first-order valence-corrected chi connectivity index (χ1v) is 9.57. The molecule has 134 valence electrons. The largest absolute Gasteiger partial charge is 0.372 e. The van der Waals surface area contributed by atoms with E-state index in [9.17, 15) is 0 Å². The second-order valence-corrected chi connectivity index (χ2v) is 7.37. The minimum absolute atomic E-state index is 0.165. The molecule has 1 aliphatic carbocycles. The highest BCUT2D eigenvalue weighted by atomic mass is 16.5. The van der Waals surface area contributed by atoms with Gasteiger partial charge in [-0.25, -0.2) is 0 Å². The maximum absolute atomic E-state index is 6.12. The molecule has 1 N–H and O–H groups in total. The van der Waals surface area contributed by atoms with Gasteiger partial charge < -0.3 is 10.1 Å². The van der Waals surface area contributed by atoms with Crippen LogP contribution in [0.25, 0.3) is 0 Å². The molecule has 0 spiro atoms. The number of rotatable bonds is 4. The molecular formula is C20H28N4O. The third kappa shape index (κ3) is 3.77. The Bertz CT molecular complexity index is 672. The normalized spacial score (nSPS) is 26.8. The molecule has 3 heterocycles. The quantitative estimate of drug-likeness (QED) is 0.870. The molecule has 0 bridgehead atoms. The van der Waals surface area contributed by atoms with Crippen molar-refractivity contribution in [2.24, 2.45) is 13.0 Å². The van der Waals surface area contributed by atoms with Crippen molar-refractivity contribution in [1.82, 2.24) is 20.1 Å². The summed E-state index contributed by atoms with van der Waals surface area (Å²) in [6, 6.07) is 6.96. The highest BCUT2D eigenvalue weighted by Gasteiger charge is 2.30. The molecule has 5 nitrogen and oxygen atoms in total. The first-order valence-electron chi connectivity index (χ1n) is 9.57. The molecule has 1 fully saturated rings. The molecule has 1 aliphatic heterocycles. The average molecular weight is 340 g/mol. The smallest absolute Gasteiger partial charge is 0.103 e. The summed E-state index contributed by atoms with van der Waals surface area (Å²) < 4.78 is 8.08. The van der Waals surface area contributed by atoms with Crippen LogP contribution in [0.2, 0.25) is 0 Å². The van der Waals surface area contributed by atoms with Crippen molar-refractivity contribution in [3.05, 3.63) is 47.5 Å². The molecule has 2 aromatic rings. The number of nitrogens with one attached hydrogen (secondary N) is 1. The standard InChI is InChI=1S/C20H28N4O/c1-24-19(10-12-23-24)20-16(5-3-13-25-20)14-22-17-7-6-15-4-2-11-21-18(15)9-8-17/h2,4,10-12,16-17,20,22H,3,5-9,13-14H2,1H3/t16-,17?,20+/m0/s1. The van der Waals surface area contributed by atoms with E-state index in [0.29, 0.717) is 12.0 Å². The number of hydrogen-bond acceptors (Lipinski definition) is 4. The van der Waals surface area contributed by atoms with Gasteiger partial charge in [-0.2, -0.15) is 5.10 Å². The highest BCUT2D eigenvalue weighted by molar-refractivity contribution is 5.21. The van der Waals surface area contributed by atoms with Crippen molar-refractivity contribution in [3.63, 3.8) is 0 Å². The highest BCUT2D eigenvalue weighted by Crippen LogP contribution is 2.33. The van der Waals surface area contributed by atoms with Gasteiger partial charge in [-0.15, -0.1) is 0 Å². The minimum Gasteiger partial charge on any atom is -0.372 e. The van der Waals surface area contributed by atoms with Crippen LogP contribution in [0.3, 0.4) is 0 Å². The van der Waals surface area contributed by atoms with E-state index in [2.05, 4.69) is 33.6 Å². The monoisotopic (exact) mass is 340 g/mol. The van der Waals surface area contributed by atoms with E-state index in [0.717, 1.165) is 32.4 Å². The van der Waals surface area contributed by atoms with Crippen molar-refractivity contribution in [1.29, 1.82) is 0 Å². The van der Waals surface area contributed by atoms with Crippen LogP contribution in [-0.4, -0.2) is 34.0 Å². The van der Waals surface area contributed by atoms with E-state index >= 15 is 0 Å². The number of pyridine rings is 1. The fraction of sp³-hybridized carbons (Fsp3) is 0.600. The van der Waals surface area contributed by atoms with Crippen molar-refractivity contribution in [2.45, 2.75) is 50.7 Å². The van der Waals surface area contributed by atoms with Crippen LogP contribution >= 0.6 is 0 Å². The van der Waals surface area contributed by atoms with E-state index in [1.54, 1.807) is 0 Å². The second kappa shape index (κ2) is 7.67. The Labute approximate surface area is 149 Å². The van der Waals surface area contributed by atoms with Gasteiger partial charge in [-0.05, 0) is 56.2 Å². The van der Waals surface area contributed by atoms with Gasteiger partial charge in [0.2, 0.25) is 0 Å². The van der Waals surface area contributed by atoms with Gasteiger partial charge in [0.25, 0.3) is 0 Å². The predicted molar refractivity (Wildman–Crippen MR) is 97.3 cm³/mol. The van der Waals surface area contributed by atoms with E-state index in [1.807, 2.05) is 24.1 Å². The SMILES string of the molecule is Cn1nccc1[C@@H]1OCCC[C@H]1CNC1CCc2cccnc2CC1. The Morgan fingerprint density at radius 3 is 3.00 bits per heavy atom. The third-order valence-electron chi connectivity index (χ3n) is 5.74. The molecule has 1 unspecified atom stereocenters. The van der Waals surface area contributed by atoms with Gasteiger partial charge in [0, 0.05) is 50.2 Å². The minimum atomic E-state index is 0.165. The Morgan fingerprint density at radius 1 is 1.20 bits per heavy atom. The Hall–Kier alpha value is -1.72. The lowest BCUT2D eigenvalue weighted by Gasteiger charge is -2.33. The molecule has 2 aliphatic rings. The molecule has 1 saturated heterocycles. The van der Waals surface area contributed by atoms with Crippen molar-refractivity contribution >= 4 is 0 Å². The van der Waals surface area contributed by atoms with Gasteiger partial charge >= 0.3 is 0 Å². The molecule has 3 atom stereocenters. The number of nitrogens with zero attached hydrogens (tertiary/aromatic N) is 3. The number of hydrogen-bond donors (Lipinski definition) is 1. The molecule has 0 amide bonds. The van der Waals surface area contributed by atoms with Crippen LogP contribution < -0.4 is 5.32 Å². The van der Waals surface area contributed by atoms with Crippen LogP contribution in [0.4, 0.5) is 0 Å². The number of aromatic nitrogens is 3. The third-order valence-corrected chi connectivity index (χ3v) is 5.74. The summed E-state index contributed by atoms with van der Waals surface area (Å²) in [6.45, 7) is 1.88. The van der Waals surface area contributed by atoms with E-state index in [-0.39, 0.29) is 6.10 Å². The first kappa shape index (κ1) is 16.7. The summed E-state index contributed by atoms with van der Waals surface area (Å²) in [7, 11) is 2.01. The van der Waals surface area contributed by atoms with Crippen molar-refractivity contribution in [3.8, 4) is 0 Å². The summed E-state index contributed by atoms with van der Waals surface area (Å²) in [6.07, 6.45) is 10.9. The second-order valence-electron chi connectivity index (χ2n) is 7.37. The van der Waals surface area contributed by atoms with Crippen LogP contribution in [0.15, 0.2) is 30.6 Å². The average Bonchev–Trinajstić information content (AvgIpc) is 2.96. The molecule has 0 aromatic carbocycles. The first-order chi connectivity index (χ1) is 12.3. The molecule has 0 saturated carbocycles. The van der Waals surface area contributed by atoms with Crippen LogP contribution in [0.5, 0.6) is 0 Å². The fourth-order valence-corrected chi connectivity index (χ4v) is 4.27. The Morgan fingerprint density at radius 2 is 2.12 bits per heavy atom. The lowest BCUT2D eigenvalue weighted by molar-refractivity contribution is -0.0330. The number of fused-ring (bicyclic) bond motifs is 1. The van der Waals surface area contributed by atoms with Gasteiger partial charge in [-0.1, -0.05) is 6.07 Å². The van der Waals surface area contributed by atoms with Crippen LogP contribution in [-0.2, 0) is 24.6 Å². The topological polar surface area (TPSA) is 52.0 Å². The maximum Gasteiger partial charge on any atom is 0.103 e. The molecular weight excluding hydrogens is 312 g/mol. The Kier molecular flexibility index (Phi) is 5.13. The van der Waals surface area contributed by atoms with Crippen molar-refractivity contribution in [2.75, 3.05) is 13.2 Å². The predicted octanol–water partition coefficient (Wildman–Crippen LogP) is 2.82. The lowest BCUT2D eigenvalue weighted by atomic mass is 9.91. The molecule has 4 rings (SSSR count). The van der Waals surface area contributed by atoms with Gasteiger partial charge in [0.05, 0.1) is 5.69 Å². The van der Waals surface area contributed by atoms with E-state index in [4.69, 9.17) is 4.74 Å². The van der Waals surface area contributed by atoms with E-state index in [1.165, 1.54) is 36.2 Å². The van der Waals surface area contributed by atoms with Gasteiger partial charge in [0.1, 0.15) is 6.10 Å². The van der Waals surface area contributed by atoms with Crippen LogP contribution in [0.1, 0.15) is 48.7 Å². The maximum atomic E-state index is 6.12. The summed E-state index contributed by atoms with van der Waals surface area (Å²) in [5.74, 6) is 0.521. The number of aryl methyl sites for hydroxylation is 3. The van der Waals surface area contributed by atoms with E-state index < -0.39 is 0 Å². The zero-order chi connectivity index (χ0) is 17.1. The van der Waals surface area contributed by atoms with Crippen LogP contribution in [0, 0.1) is 5.92 Å². The van der Waals surface area contributed by atoms with Gasteiger partial charge in [0.15, 0.2) is 0 Å². The molecule has 25 heavy (non-hydrogen) atoms. The number of ether oxygens (including phenoxy) is 1. The van der Waals surface area contributed by atoms with Gasteiger partial charge in [-0.3, -0.25) is 9.67 Å². The zero-order valence-corrected chi connectivity index (χ0v) is 15.0. The van der Waals surface area contributed by atoms with Crippen molar-refractivity contribution < 1.29 is 4.74 Å². The molecule has 2 aromatic heterocycles.